The predicted octanol–water partition coefficient (Wildman–Crippen LogP) is 0.767. The number of hydrogen-bond donors (Lipinski definition) is 1. The molecule has 13 heavy (non-hydrogen) atoms. The fourth-order valence-electron chi connectivity index (χ4n) is 2.05. The Morgan fingerprint density at radius 1 is 1.31 bits per heavy atom. The molecule has 0 bridgehead atoms. The fraction of sp³-hybridized carbons (Fsp3) is 0.400. The number of anilines is 1. The summed E-state index contributed by atoms with van der Waals surface area (Å²) in [5.41, 5.74) is 7.60. The molecule has 2 aliphatic heterocycles. The molecule has 1 aromatic carbocycles. The summed E-state index contributed by atoms with van der Waals surface area (Å²) in [5.74, 6) is 0. The summed E-state index contributed by atoms with van der Waals surface area (Å²) in [6.07, 6.45) is 0. The van der Waals surface area contributed by atoms with Gasteiger partial charge in [-0.05, 0) is 12.1 Å². The van der Waals surface area contributed by atoms with Crippen molar-refractivity contribution in [1.82, 2.24) is 4.90 Å². The van der Waals surface area contributed by atoms with Gasteiger partial charge in [-0.3, -0.25) is 4.90 Å². The summed E-state index contributed by atoms with van der Waals surface area (Å²) >= 11 is 0. The lowest BCUT2D eigenvalue weighted by Gasteiger charge is -2.11. The van der Waals surface area contributed by atoms with E-state index < -0.39 is 0 Å². The maximum Gasteiger partial charge on any atom is 0.160 e. The van der Waals surface area contributed by atoms with E-state index in [2.05, 4.69) is 17.0 Å². The zero-order valence-electron chi connectivity index (χ0n) is 7.36. The van der Waals surface area contributed by atoms with Crippen LogP contribution in [0.3, 0.4) is 0 Å². The highest BCUT2D eigenvalue weighted by Gasteiger charge is 2.58. The van der Waals surface area contributed by atoms with Gasteiger partial charge >= 0.3 is 0 Å². The number of nitrogens with zero attached hydrogens (tertiary/aromatic N) is 1. The van der Waals surface area contributed by atoms with E-state index in [9.17, 15) is 0 Å². The van der Waals surface area contributed by atoms with Gasteiger partial charge in [-0.1, -0.05) is 12.1 Å². The summed E-state index contributed by atoms with van der Waals surface area (Å²) in [6, 6.07) is 7.98. The molecule has 0 saturated carbocycles. The van der Waals surface area contributed by atoms with Crippen LogP contribution in [0, 0.1) is 0 Å². The molecule has 2 heterocycles. The summed E-state index contributed by atoms with van der Waals surface area (Å²) in [5, 5.41) is 0. The van der Waals surface area contributed by atoms with Crippen LogP contribution >= 0.6 is 0 Å². The second kappa shape index (κ2) is 2.25. The molecule has 3 nitrogen and oxygen atoms in total. The first-order valence-corrected chi connectivity index (χ1v) is 4.56. The van der Waals surface area contributed by atoms with Crippen molar-refractivity contribution in [2.45, 2.75) is 5.72 Å². The van der Waals surface area contributed by atoms with E-state index in [1.165, 1.54) is 5.56 Å². The largest absolute Gasteiger partial charge is 0.399 e. The van der Waals surface area contributed by atoms with Crippen LogP contribution in [0.15, 0.2) is 24.3 Å². The molecule has 0 aliphatic carbocycles. The molecule has 1 aromatic rings. The van der Waals surface area contributed by atoms with Gasteiger partial charge in [0, 0.05) is 24.3 Å². The number of rotatable bonds is 1. The molecule has 0 aromatic heterocycles. The van der Waals surface area contributed by atoms with E-state index in [0.29, 0.717) is 0 Å². The van der Waals surface area contributed by atoms with Gasteiger partial charge in [-0.25, -0.2) is 0 Å². The Bertz CT molecular complexity index is 335. The van der Waals surface area contributed by atoms with Crippen LogP contribution in [0.4, 0.5) is 5.69 Å². The number of nitrogens with two attached hydrogens (primary N) is 1. The van der Waals surface area contributed by atoms with Gasteiger partial charge in [0.05, 0.1) is 6.61 Å². The van der Waals surface area contributed by atoms with Crippen molar-refractivity contribution >= 4 is 5.69 Å². The minimum absolute atomic E-state index is 0.0757. The third-order valence-corrected chi connectivity index (χ3v) is 2.88. The highest BCUT2D eigenvalue weighted by molar-refractivity contribution is 5.42. The van der Waals surface area contributed by atoms with Gasteiger partial charge in [0.1, 0.15) is 0 Å². The number of nitrogen functional groups attached to an aromatic ring is 1. The van der Waals surface area contributed by atoms with E-state index in [1.54, 1.807) is 0 Å². The first kappa shape index (κ1) is 7.35. The summed E-state index contributed by atoms with van der Waals surface area (Å²) in [6.45, 7) is 2.95. The normalized spacial score (nSPS) is 35.8. The van der Waals surface area contributed by atoms with Crippen LogP contribution in [0.25, 0.3) is 0 Å². The van der Waals surface area contributed by atoms with Crippen molar-refractivity contribution in [3.63, 3.8) is 0 Å². The Morgan fingerprint density at radius 3 is 2.62 bits per heavy atom. The van der Waals surface area contributed by atoms with Gasteiger partial charge < -0.3 is 10.5 Å². The Balaban J connectivity index is 1.97. The number of morpholine rings is 1. The molecule has 2 aliphatic rings. The van der Waals surface area contributed by atoms with Gasteiger partial charge in [-0.15, -0.1) is 0 Å². The summed E-state index contributed by atoms with van der Waals surface area (Å²) in [4.78, 5) is 2.33. The molecule has 2 saturated heterocycles. The standard InChI is InChI=1S/C10H12N2O/c11-9-3-1-8(2-4-9)10-7-12(10)5-6-13-10/h1-4H,5-7,11H2. The average Bonchev–Trinajstić information content (AvgIpc) is 2.71. The van der Waals surface area contributed by atoms with Crippen molar-refractivity contribution in [2.75, 3.05) is 25.4 Å². The van der Waals surface area contributed by atoms with E-state index >= 15 is 0 Å². The predicted molar refractivity (Wildman–Crippen MR) is 50.1 cm³/mol. The quantitative estimate of drug-likeness (QED) is 0.507. The van der Waals surface area contributed by atoms with Crippen LogP contribution in [0.5, 0.6) is 0 Å². The number of fused-ring (bicyclic) bond motifs is 1. The number of ether oxygens (including phenoxy) is 1. The highest BCUT2D eigenvalue weighted by Crippen LogP contribution is 2.47. The molecular weight excluding hydrogens is 164 g/mol. The number of hydrogen-bond acceptors (Lipinski definition) is 3. The van der Waals surface area contributed by atoms with Crippen LogP contribution < -0.4 is 5.73 Å². The van der Waals surface area contributed by atoms with Crippen molar-refractivity contribution in [1.29, 1.82) is 0 Å². The van der Waals surface area contributed by atoms with Gasteiger partial charge in [-0.2, -0.15) is 0 Å². The first-order chi connectivity index (χ1) is 6.31. The summed E-state index contributed by atoms with van der Waals surface area (Å²) in [7, 11) is 0. The lowest BCUT2D eigenvalue weighted by atomic mass is 10.1. The molecule has 0 radical (unpaired) electrons. The first-order valence-electron chi connectivity index (χ1n) is 4.56. The molecule has 2 unspecified atom stereocenters. The second-order valence-corrected chi connectivity index (χ2v) is 3.68. The monoisotopic (exact) mass is 176 g/mol. The molecule has 2 fully saturated rings. The Labute approximate surface area is 77.1 Å². The molecule has 2 N–H and O–H groups in total. The molecule has 3 rings (SSSR count). The molecule has 2 atom stereocenters. The smallest absolute Gasteiger partial charge is 0.160 e. The third kappa shape index (κ3) is 0.913. The molecule has 0 amide bonds. The van der Waals surface area contributed by atoms with E-state index in [0.717, 1.165) is 25.4 Å². The topological polar surface area (TPSA) is 38.3 Å². The maximum absolute atomic E-state index is 5.73. The van der Waals surface area contributed by atoms with Crippen molar-refractivity contribution in [2.24, 2.45) is 0 Å². The van der Waals surface area contributed by atoms with E-state index in [4.69, 9.17) is 10.5 Å². The Kier molecular flexibility index (Phi) is 1.27. The average molecular weight is 176 g/mol. The van der Waals surface area contributed by atoms with Crippen molar-refractivity contribution < 1.29 is 4.74 Å². The zero-order valence-corrected chi connectivity index (χ0v) is 7.36. The Hall–Kier alpha value is -1.06. The number of benzene rings is 1. The van der Waals surface area contributed by atoms with Crippen LogP contribution in [0.2, 0.25) is 0 Å². The zero-order chi connectivity index (χ0) is 8.89. The van der Waals surface area contributed by atoms with Crippen molar-refractivity contribution in [3.05, 3.63) is 29.8 Å². The van der Waals surface area contributed by atoms with Gasteiger partial charge in [0.15, 0.2) is 5.72 Å². The minimum Gasteiger partial charge on any atom is -0.399 e. The maximum atomic E-state index is 5.73. The minimum atomic E-state index is -0.0757. The molecule has 3 heteroatoms. The van der Waals surface area contributed by atoms with Crippen molar-refractivity contribution in [3.8, 4) is 0 Å². The van der Waals surface area contributed by atoms with Crippen LogP contribution in [-0.4, -0.2) is 24.6 Å². The molecule has 0 spiro atoms. The summed E-state index contributed by atoms with van der Waals surface area (Å²) < 4.78 is 5.73. The fourth-order valence-corrected chi connectivity index (χ4v) is 2.05. The second-order valence-electron chi connectivity index (χ2n) is 3.68. The van der Waals surface area contributed by atoms with Gasteiger partial charge in [0.2, 0.25) is 0 Å². The third-order valence-electron chi connectivity index (χ3n) is 2.88. The van der Waals surface area contributed by atoms with Crippen LogP contribution in [0.1, 0.15) is 5.56 Å². The van der Waals surface area contributed by atoms with Gasteiger partial charge in [0.25, 0.3) is 0 Å². The molecule has 68 valence electrons. The Morgan fingerprint density at radius 2 is 2.08 bits per heavy atom. The lowest BCUT2D eigenvalue weighted by Crippen LogP contribution is -2.11. The highest BCUT2D eigenvalue weighted by atomic mass is 16.5. The van der Waals surface area contributed by atoms with Crippen LogP contribution in [-0.2, 0) is 10.5 Å². The van der Waals surface area contributed by atoms with E-state index in [-0.39, 0.29) is 5.72 Å². The van der Waals surface area contributed by atoms with E-state index in [1.807, 2.05) is 12.1 Å². The lowest BCUT2D eigenvalue weighted by molar-refractivity contribution is 0.0589. The SMILES string of the molecule is Nc1ccc(C23CN2CCO3)cc1. The molecular formula is C10H12N2O.